The van der Waals surface area contributed by atoms with Gasteiger partial charge in [-0.3, -0.25) is 0 Å². The Bertz CT molecular complexity index is 262. The maximum absolute atomic E-state index is 5.68. The van der Waals surface area contributed by atoms with Crippen LogP contribution in [-0.2, 0) is 11.3 Å². The number of hydrogen-bond donors (Lipinski definition) is 1. The summed E-state index contributed by atoms with van der Waals surface area (Å²) in [5.74, 6) is 0. The zero-order valence-corrected chi connectivity index (χ0v) is 9.41. The lowest BCUT2D eigenvalue weighted by atomic mass is 10.4. The van der Waals surface area contributed by atoms with E-state index in [0.717, 1.165) is 14.5 Å². The number of hydrogen-bond acceptors (Lipinski definition) is 4. The van der Waals surface area contributed by atoms with Crippen molar-refractivity contribution in [1.82, 2.24) is 4.98 Å². The van der Waals surface area contributed by atoms with Gasteiger partial charge in [0.15, 0.2) is 0 Å². The van der Waals surface area contributed by atoms with Crippen LogP contribution in [0.1, 0.15) is 22.9 Å². The molecule has 1 unspecified atom stereocenters. The molecule has 1 atom stereocenters. The van der Waals surface area contributed by atoms with Gasteiger partial charge in [-0.1, -0.05) is 0 Å². The van der Waals surface area contributed by atoms with E-state index in [-0.39, 0.29) is 6.04 Å². The van der Waals surface area contributed by atoms with E-state index in [4.69, 9.17) is 10.5 Å². The molecule has 0 aromatic carbocycles. The van der Waals surface area contributed by atoms with Gasteiger partial charge in [-0.25, -0.2) is 4.98 Å². The van der Waals surface area contributed by atoms with Gasteiger partial charge in [-0.2, -0.15) is 0 Å². The molecule has 0 spiro atoms. The quantitative estimate of drug-likeness (QED) is 0.894. The summed E-state index contributed by atoms with van der Waals surface area (Å²) in [6.07, 6.45) is 0. The van der Waals surface area contributed by atoms with Gasteiger partial charge in [0.25, 0.3) is 0 Å². The van der Waals surface area contributed by atoms with Crippen LogP contribution in [-0.4, -0.2) is 12.1 Å². The van der Waals surface area contributed by atoms with Crippen molar-refractivity contribution in [3.05, 3.63) is 14.5 Å². The second-order valence-electron chi connectivity index (χ2n) is 2.49. The molecule has 0 saturated carbocycles. The molecule has 3 nitrogen and oxygen atoms in total. The summed E-state index contributed by atoms with van der Waals surface area (Å²) in [6, 6.07) is -0.00286. The molecule has 0 fully saturated rings. The number of aromatic nitrogens is 1. The summed E-state index contributed by atoms with van der Waals surface area (Å²) in [7, 11) is 1.66. The second-order valence-corrected chi connectivity index (χ2v) is 4.35. The first-order chi connectivity index (χ1) is 5.65. The monoisotopic (exact) mass is 250 g/mol. The smallest absolute Gasteiger partial charge is 0.122 e. The Hall–Kier alpha value is 0.0300. The summed E-state index contributed by atoms with van der Waals surface area (Å²) in [5, 5.41) is 0.939. The van der Waals surface area contributed by atoms with Crippen molar-refractivity contribution >= 4 is 27.3 Å². The van der Waals surface area contributed by atoms with Gasteiger partial charge in [0.05, 0.1) is 17.5 Å². The Morgan fingerprint density at radius 3 is 2.83 bits per heavy atom. The molecule has 1 heterocycles. The molecule has 0 radical (unpaired) electrons. The molecule has 1 aromatic heterocycles. The van der Waals surface area contributed by atoms with Crippen LogP contribution in [0.15, 0.2) is 4.60 Å². The third-order valence-electron chi connectivity index (χ3n) is 1.33. The minimum atomic E-state index is -0.00286. The molecule has 0 aliphatic heterocycles. The Balaban J connectivity index is 2.85. The van der Waals surface area contributed by atoms with Gasteiger partial charge < -0.3 is 10.5 Å². The number of nitrogens with two attached hydrogens (primary N) is 1. The lowest BCUT2D eigenvalue weighted by Gasteiger charge is -1.95. The highest BCUT2D eigenvalue weighted by Gasteiger charge is 2.10. The van der Waals surface area contributed by atoms with E-state index in [1.54, 1.807) is 18.4 Å². The maximum Gasteiger partial charge on any atom is 0.122 e. The van der Waals surface area contributed by atoms with E-state index in [0.29, 0.717) is 6.61 Å². The number of thiazole rings is 1. The van der Waals surface area contributed by atoms with Crippen LogP contribution in [0.2, 0.25) is 0 Å². The van der Waals surface area contributed by atoms with E-state index in [2.05, 4.69) is 20.9 Å². The average molecular weight is 251 g/mol. The predicted molar refractivity (Wildman–Crippen MR) is 53.1 cm³/mol. The van der Waals surface area contributed by atoms with E-state index in [1.807, 2.05) is 6.92 Å². The van der Waals surface area contributed by atoms with E-state index >= 15 is 0 Å². The fourth-order valence-electron chi connectivity index (χ4n) is 0.765. The molecule has 5 heteroatoms. The summed E-state index contributed by atoms with van der Waals surface area (Å²) < 4.78 is 5.85. The van der Waals surface area contributed by atoms with Crippen molar-refractivity contribution < 1.29 is 4.74 Å². The topological polar surface area (TPSA) is 48.1 Å². The summed E-state index contributed by atoms with van der Waals surface area (Å²) >= 11 is 4.93. The first-order valence-corrected chi connectivity index (χ1v) is 5.15. The molecule has 0 saturated heterocycles. The average Bonchev–Trinajstić information content (AvgIpc) is 2.34. The minimum absolute atomic E-state index is 0.00286. The number of ether oxygens (including phenoxy) is 1. The van der Waals surface area contributed by atoms with Crippen molar-refractivity contribution in [2.75, 3.05) is 7.11 Å². The van der Waals surface area contributed by atoms with E-state index in [1.165, 1.54) is 0 Å². The van der Waals surface area contributed by atoms with Gasteiger partial charge in [-0.15, -0.1) is 11.3 Å². The third kappa shape index (κ3) is 2.26. The molecule has 0 aliphatic rings. The summed E-state index contributed by atoms with van der Waals surface area (Å²) in [5.41, 5.74) is 5.68. The molecule has 1 aromatic rings. The van der Waals surface area contributed by atoms with Gasteiger partial charge in [0.1, 0.15) is 9.61 Å². The van der Waals surface area contributed by atoms with Crippen LogP contribution in [0, 0.1) is 0 Å². The van der Waals surface area contributed by atoms with Crippen LogP contribution in [0.4, 0.5) is 0 Å². The number of nitrogens with zero attached hydrogens (tertiary/aromatic N) is 1. The van der Waals surface area contributed by atoms with Crippen LogP contribution in [0.5, 0.6) is 0 Å². The van der Waals surface area contributed by atoms with Crippen LogP contribution in [0.3, 0.4) is 0 Å². The van der Waals surface area contributed by atoms with Crippen molar-refractivity contribution in [1.29, 1.82) is 0 Å². The highest BCUT2D eigenvalue weighted by Crippen LogP contribution is 2.26. The lowest BCUT2D eigenvalue weighted by molar-refractivity contribution is 0.187. The van der Waals surface area contributed by atoms with Crippen molar-refractivity contribution in [2.45, 2.75) is 19.6 Å². The van der Waals surface area contributed by atoms with Gasteiger partial charge in [-0.05, 0) is 22.9 Å². The first kappa shape index (κ1) is 10.1. The van der Waals surface area contributed by atoms with Crippen LogP contribution >= 0.6 is 27.3 Å². The van der Waals surface area contributed by atoms with Crippen molar-refractivity contribution in [3.63, 3.8) is 0 Å². The summed E-state index contributed by atoms with van der Waals surface area (Å²) in [4.78, 5) is 5.35. The molecule has 0 amide bonds. The third-order valence-corrected chi connectivity index (χ3v) is 3.48. The minimum Gasteiger partial charge on any atom is -0.379 e. The number of rotatable bonds is 3. The molecule has 12 heavy (non-hydrogen) atoms. The zero-order chi connectivity index (χ0) is 9.14. The zero-order valence-electron chi connectivity index (χ0n) is 7.00. The van der Waals surface area contributed by atoms with E-state index in [9.17, 15) is 0 Å². The standard InChI is InChI=1S/C7H11BrN2OS/c1-4(9)7-10-6(8)5(12-7)3-11-2/h4H,3,9H2,1-2H3. The van der Waals surface area contributed by atoms with Crippen molar-refractivity contribution in [2.24, 2.45) is 5.73 Å². The molecule has 1 rings (SSSR count). The summed E-state index contributed by atoms with van der Waals surface area (Å²) in [6.45, 7) is 2.51. The largest absolute Gasteiger partial charge is 0.379 e. The first-order valence-electron chi connectivity index (χ1n) is 3.54. The number of methoxy groups -OCH3 is 1. The fraction of sp³-hybridized carbons (Fsp3) is 0.571. The lowest BCUT2D eigenvalue weighted by Crippen LogP contribution is -2.03. The Kier molecular flexibility index (Phi) is 3.64. The fourth-order valence-corrected chi connectivity index (χ4v) is 2.31. The van der Waals surface area contributed by atoms with Crippen LogP contribution in [0.25, 0.3) is 0 Å². The highest BCUT2D eigenvalue weighted by molar-refractivity contribution is 9.10. The van der Waals surface area contributed by atoms with E-state index < -0.39 is 0 Å². The SMILES string of the molecule is COCc1sc(C(C)N)nc1Br. The molecule has 0 bridgehead atoms. The molecule has 68 valence electrons. The Morgan fingerprint density at radius 1 is 1.75 bits per heavy atom. The van der Waals surface area contributed by atoms with Gasteiger partial charge in [0.2, 0.25) is 0 Å². The van der Waals surface area contributed by atoms with Crippen LogP contribution < -0.4 is 5.73 Å². The Labute approximate surface area is 84.1 Å². The molecule has 2 N–H and O–H groups in total. The Morgan fingerprint density at radius 2 is 2.42 bits per heavy atom. The molecular formula is C7H11BrN2OS. The predicted octanol–water partition coefficient (Wildman–Crippen LogP) is 2.07. The van der Waals surface area contributed by atoms with Gasteiger partial charge in [0, 0.05) is 7.11 Å². The normalized spacial score (nSPS) is 13.3. The highest BCUT2D eigenvalue weighted by atomic mass is 79.9. The van der Waals surface area contributed by atoms with Gasteiger partial charge >= 0.3 is 0 Å². The second kappa shape index (κ2) is 4.32. The van der Waals surface area contributed by atoms with Crippen molar-refractivity contribution in [3.8, 4) is 0 Å². The molecule has 0 aliphatic carbocycles. The number of halogens is 1. The maximum atomic E-state index is 5.68. The molecular weight excluding hydrogens is 240 g/mol.